The molecule has 0 fully saturated rings. The van der Waals surface area contributed by atoms with Gasteiger partial charge in [-0.2, -0.15) is 0 Å². The minimum Gasteiger partial charge on any atom is -0.295 e. The molecule has 0 radical (unpaired) electrons. The first-order valence-electron chi connectivity index (χ1n) is 3.58. The Morgan fingerprint density at radius 3 is 2.33 bits per heavy atom. The minimum absolute atomic E-state index is 0.118. The normalized spacial score (nSPS) is 15.0. The molecule has 0 unspecified atom stereocenters. The zero-order valence-corrected chi connectivity index (χ0v) is 8.35. The summed E-state index contributed by atoms with van der Waals surface area (Å²) in [6.07, 6.45) is 1.92. The van der Waals surface area contributed by atoms with Crippen molar-refractivity contribution < 1.29 is 8.42 Å². The van der Waals surface area contributed by atoms with Gasteiger partial charge in [0, 0.05) is 13.3 Å². The van der Waals surface area contributed by atoms with E-state index in [1.165, 1.54) is 13.3 Å². The average molecular weight is 190 g/mol. The largest absolute Gasteiger partial charge is 0.295 e. The highest BCUT2D eigenvalue weighted by atomic mass is 32.2. The van der Waals surface area contributed by atoms with Crippen molar-refractivity contribution in [2.24, 2.45) is 10.1 Å². The number of aliphatic imine (C=N–C) groups is 1. The number of allylic oxidation sites excluding steroid dienone is 2. The van der Waals surface area contributed by atoms with E-state index in [1.54, 1.807) is 6.92 Å². The average Bonchev–Trinajstić information content (AvgIpc) is 1.96. The molecule has 0 aromatic heterocycles. The van der Waals surface area contributed by atoms with E-state index in [2.05, 4.69) is 4.99 Å². The van der Waals surface area contributed by atoms with Crippen LogP contribution in [0.5, 0.6) is 0 Å². The molecular formula is C7H14N2O2S. The van der Waals surface area contributed by atoms with E-state index in [0.29, 0.717) is 6.42 Å². The monoisotopic (exact) mass is 190 g/mol. The molecule has 0 saturated carbocycles. The first-order valence-corrected chi connectivity index (χ1v) is 5.12. The highest BCUT2D eigenvalue weighted by molar-refractivity contribution is 7.94. The number of primary sulfonamides is 1. The predicted molar refractivity (Wildman–Crippen MR) is 50.5 cm³/mol. The molecule has 0 saturated heterocycles. The molecule has 0 amide bonds. The Morgan fingerprint density at radius 1 is 1.58 bits per heavy atom. The molecule has 0 heterocycles. The van der Waals surface area contributed by atoms with Crippen LogP contribution in [0, 0.1) is 0 Å². The molecule has 0 rings (SSSR count). The van der Waals surface area contributed by atoms with E-state index in [9.17, 15) is 8.42 Å². The van der Waals surface area contributed by atoms with Crippen molar-refractivity contribution in [3.63, 3.8) is 0 Å². The first kappa shape index (κ1) is 11.3. The zero-order valence-electron chi connectivity index (χ0n) is 7.53. The molecule has 2 N–H and O–H groups in total. The minimum atomic E-state index is -3.61. The lowest BCUT2D eigenvalue weighted by molar-refractivity contribution is 0.604. The second-order valence-corrected chi connectivity index (χ2v) is 3.96. The van der Waals surface area contributed by atoms with Crippen molar-refractivity contribution >= 4 is 16.2 Å². The maximum absolute atomic E-state index is 11.0. The Morgan fingerprint density at radius 2 is 2.08 bits per heavy atom. The maximum atomic E-state index is 11.0. The molecule has 0 aliphatic heterocycles. The van der Waals surface area contributed by atoms with E-state index >= 15 is 0 Å². The van der Waals surface area contributed by atoms with Crippen molar-refractivity contribution in [1.29, 1.82) is 0 Å². The SMILES string of the molecule is CC/C(C)=C(\C=NC)S(N)(=O)=O. The zero-order chi connectivity index (χ0) is 9.78. The summed E-state index contributed by atoms with van der Waals surface area (Å²) < 4.78 is 21.9. The van der Waals surface area contributed by atoms with Gasteiger partial charge >= 0.3 is 0 Å². The van der Waals surface area contributed by atoms with E-state index in [0.717, 1.165) is 5.57 Å². The molecule has 0 atom stereocenters. The van der Waals surface area contributed by atoms with Crippen molar-refractivity contribution in [3.8, 4) is 0 Å². The Labute approximate surface area is 73.2 Å². The topological polar surface area (TPSA) is 72.5 Å². The number of hydrogen-bond acceptors (Lipinski definition) is 3. The van der Waals surface area contributed by atoms with Crippen LogP contribution in [-0.2, 0) is 10.0 Å². The van der Waals surface area contributed by atoms with Crippen LogP contribution in [0.2, 0.25) is 0 Å². The van der Waals surface area contributed by atoms with E-state index in [1.807, 2.05) is 6.92 Å². The summed E-state index contributed by atoms with van der Waals surface area (Å²) in [5, 5.41) is 4.97. The summed E-state index contributed by atoms with van der Waals surface area (Å²) in [5.74, 6) is 0. The van der Waals surface area contributed by atoms with Crippen molar-refractivity contribution in [3.05, 3.63) is 10.5 Å². The van der Waals surface area contributed by atoms with Crippen molar-refractivity contribution in [2.75, 3.05) is 7.05 Å². The fourth-order valence-electron chi connectivity index (χ4n) is 0.718. The fourth-order valence-corrected chi connectivity index (χ4v) is 1.60. The molecule has 0 aliphatic rings. The Balaban J connectivity index is 5.21. The fraction of sp³-hybridized carbons (Fsp3) is 0.571. The van der Waals surface area contributed by atoms with Gasteiger partial charge in [0.15, 0.2) is 0 Å². The molecule has 0 bridgehead atoms. The van der Waals surface area contributed by atoms with Gasteiger partial charge in [0.25, 0.3) is 0 Å². The quantitative estimate of drug-likeness (QED) is 0.664. The van der Waals surface area contributed by atoms with E-state index in [-0.39, 0.29) is 4.91 Å². The highest BCUT2D eigenvalue weighted by Gasteiger charge is 2.11. The van der Waals surface area contributed by atoms with Crippen LogP contribution in [0.3, 0.4) is 0 Å². The highest BCUT2D eigenvalue weighted by Crippen LogP contribution is 2.09. The van der Waals surface area contributed by atoms with Crippen LogP contribution in [0.1, 0.15) is 20.3 Å². The number of sulfonamides is 1. The molecule has 4 nitrogen and oxygen atoms in total. The summed E-state index contributed by atoms with van der Waals surface area (Å²) in [6.45, 7) is 3.59. The third-order valence-electron chi connectivity index (χ3n) is 1.50. The molecular weight excluding hydrogens is 176 g/mol. The number of rotatable bonds is 3. The maximum Gasteiger partial charge on any atom is 0.239 e. The smallest absolute Gasteiger partial charge is 0.239 e. The third kappa shape index (κ3) is 3.15. The van der Waals surface area contributed by atoms with Crippen LogP contribution in [-0.4, -0.2) is 21.7 Å². The van der Waals surface area contributed by atoms with Gasteiger partial charge in [-0.25, -0.2) is 13.6 Å². The van der Waals surface area contributed by atoms with Gasteiger partial charge in [-0.15, -0.1) is 0 Å². The van der Waals surface area contributed by atoms with Gasteiger partial charge in [-0.1, -0.05) is 12.5 Å². The second-order valence-electron chi connectivity index (χ2n) is 2.43. The van der Waals surface area contributed by atoms with Gasteiger partial charge in [-0.05, 0) is 13.3 Å². The first-order chi connectivity index (χ1) is 5.43. The Hall–Kier alpha value is -0.680. The standard InChI is InChI=1S/C7H14N2O2S/c1-4-6(2)7(5-9-3)12(8,10)11/h5H,4H2,1-3H3,(H2,8,10,11)/b7-6+,9-5?. The lowest BCUT2D eigenvalue weighted by atomic mass is 10.2. The van der Waals surface area contributed by atoms with Gasteiger partial charge < -0.3 is 0 Å². The molecule has 0 aromatic rings. The van der Waals surface area contributed by atoms with Crippen molar-refractivity contribution in [2.45, 2.75) is 20.3 Å². The van der Waals surface area contributed by atoms with Crippen LogP contribution in [0.15, 0.2) is 15.5 Å². The second kappa shape index (κ2) is 4.37. The number of nitrogens with zero attached hydrogens (tertiary/aromatic N) is 1. The number of hydrogen-bond donors (Lipinski definition) is 1. The summed E-state index contributed by atoms with van der Waals surface area (Å²) >= 11 is 0. The lowest BCUT2D eigenvalue weighted by Crippen LogP contribution is -2.17. The molecule has 5 heteroatoms. The predicted octanol–water partition coefficient (Wildman–Crippen LogP) is 0.660. The van der Waals surface area contributed by atoms with E-state index in [4.69, 9.17) is 5.14 Å². The Kier molecular flexibility index (Phi) is 4.12. The third-order valence-corrected chi connectivity index (χ3v) is 2.57. The van der Waals surface area contributed by atoms with E-state index < -0.39 is 10.0 Å². The van der Waals surface area contributed by atoms with Gasteiger partial charge in [0.2, 0.25) is 10.0 Å². The van der Waals surface area contributed by atoms with Gasteiger partial charge in [0.05, 0.1) is 4.91 Å². The van der Waals surface area contributed by atoms with Crippen LogP contribution < -0.4 is 5.14 Å². The Bertz CT molecular complexity index is 301. The van der Waals surface area contributed by atoms with Crippen molar-refractivity contribution in [1.82, 2.24) is 0 Å². The summed E-state index contributed by atoms with van der Waals surface area (Å²) in [6, 6.07) is 0. The molecule has 0 aliphatic carbocycles. The van der Waals surface area contributed by atoms with Crippen LogP contribution in [0.25, 0.3) is 0 Å². The van der Waals surface area contributed by atoms with Crippen LogP contribution >= 0.6 is 0 Å². The lowest BCUT2D eigenvalue weighted by Gasteiger charge is -2.02. The summed E-state index contributed by atoms with van der Waals surface area (Å²) in [4.78, 5) is 3.75. The molecule has 0 spiro atoms. The number of nitrogens with two attached hydrogens (primary N) is 1. The van der Waals surface area contributed by atoms with Gasteiger partial charge in [0.1, 0.15) is 0 Å². The molecule has 0 aromatic carbocycles. The summed E-state index contributed by atoms with van der Waals surface area (Å²) in [5.41, 5.74) is 0.725. The molecule has 12 heavy (non-hydrogen) atoms. The molecule has 70 valence electrons. The van der Waals surface area contributed by atoms with Crippen LogP contribution in [0.4, 0.5) is 0 Å². The van der Waals surface area contributed by atoms with Gasteiger partial charge in [-0.3, -0.25) is 4.99 Å². The summed E-state index contributed by atoms with van der Waals surface area (Å²) in [7, 11) is -2.10.